The van der Waals surface area contributed by atoms with Crippen LogP contribution in [0, 0.1) is 0 Å². The lowest BCUT2D eigenvalue weighted by Gasteiger charge is -2.39. The first-order valence-electron chi connectivity index (χ1n) is 7.87. The first-order chi connectivity index (χ1) is 11.0. The maximum absolute atomic E-state index is 6.06. The zero-order chi connectivity index (χ0) is 16.4. The van der Waals surface area contributed by atoms with Crippen LogP contribution < -0.4 is 0 Å². The molecule has 1 aliphatic rings. The molecule has 1 saturated heterocycles. The van der Waals surface area contributed by atoms with Gasteiger partial charge in [0.1, 0.15) is 0 Å². The van der Waals surface area contributed by atoms with E-state index in [9.17, 15) is 0 Å². The Labute approximate surface area is 153 Å². The Morgan fingerprint density at radius 1 is 0.826 bits per heavy atom. The molecular weight excluding hydrogens is 345 g/mol. The topological polar surface area (TPSA) is 3.24 Å². The van der Waals surface area contributed by atoms with Gasteiger partial charge >= 0.3 is 0 Å². The summed E-state index contributed by atoms with van der Waals surface area (Å²) in [6.07, 6.45) is 2.39. The summed E-state index contributed by atoms with van der Waals surface area (Å²) in [6, 6.07) is 17.2. The Balaban J connectivity index is 1.86. The van der Waals surface area contributed by atoms with Gasteiger partial charge in [0, 0.05) is 26.6 Å². The summed E-state index contributed by atoms with van der Waals surface area (Å²) in [4.78, 5) is 2.35. The third-order valence-electron chi connectivity index (χ3n) is 4.49. The van der Waals surface area contributed by atoms with E-state index in [0.29, 0.717) is 16.5 Å². The number of hydrogen-bond acceptors (Lipinski definition) is 2. The van der Waals surface area contributed by atoms with Gasteiger partial charge in [-0.05, 0) is 62.3 Å². The number of nitrogens with zero attached hydrogens (tertiary/aromatic N) is 1. The predicted octanol–water partition coefficient (Wildman–Crippen LogP) is 6.23. The van der Waals surface area contributed by atoms with Crippen molar-refractivity contribution in [2.75, 3.05) is 14.1 Å². The molecule has 0 N–H and O–H groups in total. The van der Waals surface area contributed by atoms with Crippen LogP contribution >= 0.6 is 35.0 Å². The molecule has 0 aromatic heterocycles. The molecule has 3 rings (SSSR count). The minimum atomic E-state index is 0.455. The fourth-order valence-corrected chi connectivity index (χ4v) is 5.28. The number of halogens is 2. The second-order valence-corrected chi connectivity index (χ2v) is 8.48. The second kappa shape index (κ2) is 7.48. The molecular formula is C19H21Cl2NS. The molecule has 0 bridgehead atoms. The summed E-state index contributed by atoms with van der Waals surface area (Å²) in [7, 11) is 4.35. The average Bonchev–Trinajstić information content (AvgIpc) is 2.55. The molecule has 1 fully saturated rings. The Hall–Kier alpha value is -0.670. The van der Waals surface area contributed by atoms with Crippen molar-refractivity contribution in [1.29, 1.82) is 0 Å². The van der Waals surface area contributed by atoms with Crippen LogP contribution in [-0.4, -0.2) is 25.0 Å². The van der Waals surface area contributed by atoms with E-state index in [1.807, 2.05) is 24.3 Å². The summed E-state index contributed by atoms with van der Waals surface area (Å²) in [5.74, 6) is 0. The second-order valence-electron chi connectivity index (χ2n) is 6.26. The SMILES string of the molecule is CN(C)C1CCC(c2ccc(Cl)cc2)SC1c1ccc(Cl)cc1. The fraction of sp³-hybridized carbons (Fsp3) is 0.368. The van der Waals surface area contributed by atoms with Crippen molar-refractivity contribution in [1.82, 2.24) is 4.90 Å². The highest BCUT2D eigenvalue weighted by atomic mass is 35.5. The molecule has 122 valence electrons. The van der Waals surface area contributed by atoms with Crippen LogP contribution in [0.3, 0.4) is 0 Å². The molecule has 0 saturated carbocycles. The van der Waals surface area contributed by atoms with E-state index in [1.54, 1.807) is 0 Å². The molecule has 0 radical (unpaired) electrons. The molecule has 4 heteroatoms. The zero-order valence-corrected chi connectivity index (χ0v) is 15.7. The lowest BCUT2D eigenvalue weighted by Crippen LogP contribution is -2.35. The van der Waals surface area contributed by atoms with Crippen LogP contribution in [0.4, 0.5) is 0 Å². The number of rotatable bonds is 3. The van der Waals surface area contributed by atoms with Crippen molar-refractivity contribution in [3.8, 4) is 0 Å². The highest BCUT2D eigenvalue weighted by molar-refractivity contribution is 7.99. The lowest BCUT2D eigenvalue weighted by molar-refractivity contribution is 0.260. The van der Waals surface area contributed by atoms with Crippen molar-refractivity contribution in [3.63, 3.8) is 0 Å². The molecule has 1 heterocycles. The van der Waals surface area contributed by atoms with Crippen LogP contribution in [0.25, 0.3) is 0 Å². The minimum absolute atomic E-state index is 0.455. The van der Waals surface area contributed by atoms with Gasteiger partial charge in [0.2, 0.25) is 0 Å². The normalized spacial score (nSPS) is 24.8. The molecule has 3 unspecified atom stereocenters. The zero-order valence-electron chi connectivity index (χ0n) is 13.4. The van der Waals surface area contributed by atoms with Gasteiger partial charge < -0.3 is 4.90 Å². The van der Waals surface area contributed by atoms with Crippen molar-refractivity contribution < 1.29 is 0 Å². The van der Waals surface area contributed by atoms with E-state index in [1.165, 1.54) is 24.0 Å². The summed E-state index contributed by atoms with van der Waals surface area (Å²) in [5, 5.41) is 2.57. The van der Waals surface area contributed by atoms with Gasteiger partial charge in [-0.25, -0.2) is 0 Å². The van der Waals surface area contributed by atoms with Gasteiger partial charge in [-0.3, -0.25) is 0 Å². The Bertz CT molecular complexity index is 639. The van der Waals surface area contributed by atoms with Crippen molar-refractivity contribution in [2.45, 2.75) is 29.4 Å². The molecule has 3 atom stereocenters. The smallest absolute Gasteiger partial charge is 0.0458 e. The van der Waals surface area contributed by atoms with Crippen LogP contribution in [-0.2, 0) is 0 Å². The van der Waals surface area contributed by atoms with Crippen LogP contribution in [0.5, 0.6) is 0 Å². The third kappa shape index (κ3) is 4.06. The Kier molecular flexibility index (Phi) is 5.58. The number of benzene rings is 2. The van der Waals surface area contributed by atoms with Crippen LogP contribution in [0.2, 0.25) is 10.0 Å². The molecule has 1 aliphatic heterocycles. The van der Waals surface area contributed by atoms with E-state index in [0.717, 1.165) is 10.0 Å². The Morgan fingerprint density at radius 2 is 1.35 bits per heavy atom. The van der Waals surface area contributed by atoms with Gasteiger partial charge in [0.15, 0.2) is 0 Å². The fourth-order valence-electron chi connectivity index (χ4n) is 3.21. The number of thioether (sulfide) groups is 1. The quantitative estimate of drug-likeness (QED) is 0.633. The van der Waals surface area contributed by atoms with E-state index in [4.69, 9.17) is 23.2 Å². The maximum atomic E-state index is 6.06. The largest absolute Gasteiger partial charge is 0.305 e. The summed E-state index contributed by atoms with van der Waals surface area (Å²) in [5.41, 5.74) is 2.73. The monoisotopic (exact) mass is 365 g/mol. The van der Waals surface area contributed by atoms with Gasteiger partial charge in [-0.1, -0.05) is 47.5 Å². The third-order valence-corrected chi connectivity index (χ3v) is 6.71. The summed E-state index contributed by atoms with van der Waals surface area (Å²) < 4.78 is 0. The summed E-state index contributed by atoms with van der Waals surface area (Å²) >= 11 is 14.1. The molecule has 0 aliphatic carbocycles. The van der Waals surface area contributed by atoms with Crippen LogP contribution in [0.15, 0.2) is 48.5 Å². The Morgan fingerprint density at radius 3 is 1.87 bits per heavy atom. The first-order valence-corrected chi connectivity index (χ1v) is 9.57. The lowest BCUT2D eigenvalue weighted by atomic mass is 9.96. The number of hydrogen-bond donors (Lipinski definition) is 0. The molecule has 0 amide bonds. The maximum Gasteiger partial charge on any atom is 0.0458 e. The molecule has 2 aromatic rings. The van der Waals surface area contributed by atoms with Crippen molar-refractivity contribution in [3.05, 3.63) is 69.7 Å². The van der Waals surface area contributed by atoms with Gasteiger partial charge in [-0.2, -0.15) is 0 Å². The van der Waals surface area contributed by atoms with E-state index >= 15 is 0 Å². The summed E-state index contributed by atoms with van der Waals surface area (Å²) in [6.45, 7) is 0. The first kappa shape index (κ1) is 17.2. The van der Waals surface area contributed by atoms with E-state index < -0.39 is 0 Å². The van der Waals surface area contributed by atoms with E-state index in [2.05, 4.69) is 55.0 Å². The minimum Gasteiger partial charge on any atom is -0.305 e. The molecule has 1 nitrogen and oxygen atoms in total. The average molecular weight is 366 g/mol. The van der Waals surface area contributed by atoms with Crippen LogP contribution in [0.1, 0.15) is 34.5 Å². The van der Waals surface area contributed by atoms with Gasteiger partial charge in [0.25, 0.3) is 0 Å². The van der Waals surface area contributed by atoms with E-state index in [-0.39, 0.29) is 0 Å². The highest BCUT2D eigenvalue weighted by Gasteiger charge is 2.34. The van der Waals surface area contributed by atoms with Crippen molar-refractivity contribution >= 4 is 35.0 Å². The van der Waals surface area contributed by atoms with Gasteiger partial charge in [-0.15, -0.1) is 11.8 Å². The molecule has 2 aromatic carbocycles. The predicted molar refractivity (Wildman–Crippen MR) is 103 cm³/mol. The molecule has 23 heavy (non-hydrogen) atoms. The number of likely N-dealkylation sites (N-methyl/N-ethyl adjacent to an activating group) is 1. The molecule has 0 spiro atoms. The van der Waals surface area contributed by atoms with Crippen molar-refractivity contribution in [2.24, 2.45) is 0 Å². The highest BCUT2D eigenvalue weighted by Crippen LogP contribution is 2.51. The standard InChI is InChI=1S/C19H21Cl2NS/c1-22(2)17-11-12-18(13-3-7-15(20)8-4-13)23-19(17)14-5-9-16(21)10-6-14/h3-10,17-19H,11-12H2,1-2H3. The van der Waals surface area contributed by atoms with Gasteiger partial charge in [0.05, 0.1) is 0 Å².